The Balaban J connectivity index is 1.20. The number of nitrogens with zero attached hydrogens (tertiary/aromatic N) is 4. The average Bonchev–Trinajstić information content (AvgIpc) is 3.37. The third-order valence-corrected chi connectivity index (χ3v) is 8.16. The van der Waals surface area contributed by atoms with E-state index < -0.39 is 29.9 Å². The predicted octanol–water partition coefficient (Wildman–Crippen LogP) is 3.36. The van der Waals surface area contributed by atoms with Crippen molar-refractivity contribution in [1.82, 2.24) is 25.1 Å². The summed E-state index contributed by atoms with van der Waals surface area (Å²) in [7, 11) is 1.47. The number of piperidine rings is 1. The van der Waals surface area contributed by atoms with Gasteiger partial charge in [-0.05, 0) is 43.2 Å². The molecular weight excluding hydrogens is 596 g/mol. The summed E-state index contributed by atoms with van der Waals surface area (Å²) < 4.78 is 35.4. The highest BCUT2D eigenvalue weighted by molar-refractivity contribution is 6.34. The van der Waals surface area contributed by atoms with Crippen LogP contribution in [0.4, 0.5) is 14.5 Å². The van der Waals surface area contributed by atoms with Crippen molar-refractivity contribution in [3.05, 3.63) is 64.6 Å². The Morgan fingerprint density at radius 1 is 1.16 bits per heavy atom. The molecule has 2 aliphatic rings. The minimum atomic E-state index is -1.26. The molecule has 44 heavy (non-hydrogen) atoms. The standard InChI is InChI=1S/C30H30ClF2N7O4/c1-39-23(21-4-5-24(44-11-8-34)26(33)25(21)32)16-36-27(39)29(42)38-19-2-3-20(22(31)12-19)30(43)40-9-6-18(7-10-40)28(41)37-15-17-13-35-14-17/h2-5,12,16-18,35H,6-7,9-11,13-15H2,1H3,(H,37,41)(H,38,42). The van der Waals surface area contributed by atoms with Crippen LogP contribution in [0.2, 0.25) is 5.02 Å². The number of rotatable bonds is 9. The van der Waals surface area contributed by atoms with Crippen LogP contribution in [0.5, 0.6) is 5.75 Å². The maximum Gasteiger partial charge on any atom is 0.291 e. The number of nitrogens with one attached hydrogen (secondary N) is 3. The molecule has 3 amide bonds. The molecule has 5 rings (SSSR count). The van der Waals surface area contributed by atoms with Crippen LogP contribution in [-0.4, -0.2) is 71.5 Å². The van der Waals surface area contributed by atoms with Crippen LogP contribution in [0.3, 0.4) is 0 Å². The van der Waals surface area contributed by atoms with E-state index >= 15 is 0 Å². The molecule has 0 aliphatic carbocycles. The molecule has 11 nitrogen and oxygen atoms in total. The maximum atomic E-state index is 14.8. The Morgan fingerprint density at radius 2 is 1.91 bits per heavy atom. The molecule has 0 atom stereocenters. The van der Waals surface area contributed by atoms with E-state index in [0.29, 0.717) is 44.1 Å². The normalized spacial score (nSPS) is 15.3. The molecule has 3 N–H and O–H groups in total. The second-order valence-electron chi connectivity index (χ2n) is 10.7. The van der Waals surface area contributed by atoms with Gasteiger partial charge in [0.1, 0.15) is 6.07 Å². The highest BCUT2D eigenvalue weighted by Crippen LogP contribution is 2.31. The van der Waals surface area contributed by atoms with E-state index in [4.69, 9.17) is 21.6 Å². The van der Waals surface area contributed by atoms with Crippen molar-refractivity contribution in [3.8, 4) is 23.1 Å². The third kappa shape index (κ3) is 6.51. The minimum Gasteiger partial charge on any atom is -0.476 e. The van der Waals surface area contributed by atoms with Crippen LogP contribution in [0.25, 0.3) is 11.3 Å². The number of likely N-dealkylation sites (tertiary alicyclic amines) is 1. The summed E-state index contributed by atoms with van der Waals surface area (Å²) in [5.41, 5.74) is 0.551. The fourth-order valence-electron chi connectivity index (χ4n) is 5.17. The van der Waals surface area contributed by atoms with Crippen LogP contribution in [0, 0.1) is 34.8 Å². The third-order valence-electron chi connectivity index (χ3n) is 7.85. The molecule has 1 aromatic heterocycles. The largest absolute Gasteiger partial charge is 0.476 e. The predicted molar refractivity (Wildman–Crippen MR) is 157 cm³/mol. The molecule has 2 fully saturated rings. The van der Waals surface area contributed by atoms with Crippen LogP contribution < -0.4 is 20.7 Å². The number of imidazole rings is 1. The van der Waals surface area contributed by atoms with Gasteiger partial charge in [0.05, 0.1) is 22.5 Å². The second kappa shape index (κ2) is 13.4. The molecule has 2 aromatic carbocycles. The number of amides is 3. The first kappa shape index (κ1) is 30.9. The van der Waals surface area contributed by atoms with Crippen LogP contribution >= 0.6 is 11.6 Å². The van der Waals surface area contributed by atoms with E-state index in [1.165, 1.54) is 48.1 Å². The number of benzene rings is 2. The van der Waals surface area contributed by atoms with Crippen molar-refractivity contribution < 1.29 is 27.9 Å². The first-order valence-corrected chi connectivity index (χ1v) is 14.4. The topological polar surface area (TPSA) is 141 Å². The van der Waals surface area contributed by atoms with Crippen molar-refractivity contribution in [2.75, 3.05) is 44.6 Å². The van der Waals surface area contributed by atoms with Crippen LogP contribution in [0.1, 0.15) is 33.8 Å². The number of nitriles is 1. The van der Waals surface area contributed by atoms with E-state index in [0.717, 1.165) is 13.1 Å². The molecule has 0 unspecified atom stereocenters. The van der Waals surface area contributed by atoms with E-state index in [2.05, 4.69) is 20.9 Å². The Bertz CT molecular complexity index is 1630. The van der Waals surface area contributed by atoms with Gasteiger partial charge in [-0.15, -0.1) is 0 Å². The van der Waals surface area contributed by atoms with Gasteiger partial charge >= 0.3 is 0 Å². The number of halogens is 3. The zero-order valence-corrected chi connectivity index (χ0v) is 24.6. The van der Waals surface area contributed by atoms with Crippen molar-refractivity contribution in [2.45, 2.75) is 12.8 Å². The fraction of sp³-hybridized carbons (Fsp3) is 0.367. The monoisotopic (exact) mass is 625 g/mol. The highest BCUT2D eigenvalue weighted by Gasteiger charge is 2.29. The summed E-state index contributed by atoms with van der Waals surface area (Å²) in [5, 5.41) is 17.6. The molecule has 0 radical (unpaired) electrons. The van der Waals surface area contributed by atoms with Gasteiger partial charge in [0.25, 0.3) is 11.8 Å². The SMILES string of the molecule is Cn1c(-c2ccc(OCC#N)c(F)c2F)cnc1C(=O)Nc1ccc(C(=O)N2CCC(C(=O)NCC3CNC3)CC2)c(Cl)c1. The van der Waals surface area contributed by atoms with Gasteiger partial charge in [0.2, 0.25) is 11.7 Å². The zero-order chi connectivity index (χ0) is 31.4. The summed E-state index contributed by atoms with van der Waals surface area (Å²) in [4.78, 5) is 44.4. The summed E-state index contributed by atoms with van der Waals surface area (Å²) in [5.74, 6) is -3.50. The van der Waals surface area contributed by atoms with Crippen molar-refractivity contribution in [2.24, 2.45) is 18.9 Å². The lowest BCUT2D eigenvalue weighted by Crippen LogP contribution is -2.50. The summed E-state index contributed by atoms with van der Waals surface area (Å²) in [6, 6.07) is 8.64. The first-order valence-electron chi connectivity index (χ1n) is 14.1. The molecule has 0 spiro atoms. The first-order chi connectivity index (χ1) is 21.2. The quantitative estimate of drug-likeness (QED) is 0.331. The molecule has 2 saturated heterocycles. The number of carbonyl (C=O) groups excluding carboxylic acids is 3. The Morgan fingerprint density at radius 3 is 2.57 bits per heavy atom. The number of hydrogen-bond donors (Lipinski definition) is 3. The lowest BCUT2D eigenvalue weighted by molar-refractivity contribution is -0.126. The van der Waals surface area contributed by atoms with Gasteiger partial charge < -0.3 is 30.2 Å². The molecular formula is C30H30ClF2N7O4. The number of hydrogen-bond acceptors (Lipinski definition) is 7. The lowest BCUT2D eigenvalue weighted by atomic mass is 9.94. The van der Waals surface area contributed by atoms with E-state index in [1.807, 2.05) is 0 Å². The summed E-state index contributed by atoms with van der Waals surface area (Å²) in [6.07, 6.45) is 2.36. The minimum absolute atomic E-state index is 0.0266. The lowest BCUT2D eigenvalue weighted by Gasteiger charge is -2.32. The van der Waals surface area contributed by atoms with Gasteiger partial charge in [-0.2, -0.15) is 9.65 Å². The molecule has 14 heteroatoms. The Hall–Kier alpha value is -4.54. The van der Waals surface area contributed by atoms with E-state index in [-0.39, 0.29) is 45.4 Å². The second-order valence-corrected chi connectivity index (χ2v) is 11.1. The van der Waals surface area contributed by atoms with E-state index in [9.17, 15) is 23.2 Å². The molecule has 0 bridgehead atoms. The van der Waals surface area contributed by atoms with Gasteiger partial charge in [-0.3, -0.25) is 14.4 Å². The highest BCUT2D eigenvalue weighted by atomic mass is 35.5. The molecule has 3 aromatic rings. The van der Waals surface area contributed by atoms with Crippen molar-refractivity contribution >= 4 is 35.0 Å². The van der Waals surface area contributed by atoms with Gasteiger partial charge in [0.15, 0.2) is 24.0 Å². The van der Waals surface area contributed by atoms with Crippen molar-refractivity contribution in [1.29, 1.82) is 5.26 Å². The van der Waals surface area contributed by atoms with E-state index in [1.54, 1.807) is 11.0 Å². The molecule has 230 valence electrons. The van der Waals surface area contributed by atoms with Crippen molar-refractivity contribution in [3.63, 3.8) is 0 Å². The smallest absolute Gasteiger partial charge is 0.291 e. The van der Waals surface area contributed by atoms with Gasteiger partial charge in [-0.25, -0.2) is 9.37 Å². The van der Waals surface area contributed by atoms with Crippen LogP contribution in [-0.2, 0) is 11.8 Å². The number of anilines is 1. The zero-order valence-electron chi connectivity index (χ0n) is 23.8. The molecule has 2 aliphatic heterocycles. The Kier molecular flexibility index (Phi) is 9.41. The fourth-order valence-corrected chi connectivity index (χ4v) is 5.43. The average molecular weight is 626 g/mol. The van der Waals surface area contributed by atoms with Gasteiger partial charge in [0, 0.05) is 62.9 Å². The van der Waals surface area contributed by atoms with Crippen LogP contribution in [0.15, 0.2) is 36.5 Å². The summed E-state index contributed by atoms with van der Waals surface area (Å²) >= 11 is 6.44. The number of carbonyl (C=O) groups is 3. The number of ether oxygens (including phenoxy) is 1. The maximum absolute atomic E-state index is 14.8. The molecule has 3 heterocycles. The summed E-state index contributed by atoms with van der Waals surface area (Å²) in [6.45, 7) is 2.92. The van der Waals surface area contributed by atoms with Gasteiger partial charge in [-0.1, -0.05) is 11.6 Å². The number of aromatic nitrogens is 2. The Labute approximate surface area is 257 Å². The molecule has 0 saturated carbocycles.